The quantitative estimate of drug-likeness (QED) is 0.873. The molecule has 0 radical (unpaired) electrons. The summed E-state index contributed by atoms with van der Waals surface area (Å²) in [4.78, 5) is 22.3. The average Bonchev–Trinajstić information content (AvgIpc) is 2.37. The molecule has 104 valence electrons. The molecule has 2 aromatic rings. The minimum Gasteiger partial charge on any atom is -0.506 e. The highest BCUT2D eigenvalue weighted by molar-refractivity contribution is 5.67. The van der Waals surface area contributed by atoms with E-state index in [0.717, 1.165) is 16.8 Å². The van der Waals surface area contributed by atoms with Gasteiger partial charge in [0.1, 0.15) is 17.3 Å². The number of carboxylic acid groups (broad SMARTS) is 1. The van der Waals surface area contributed by atoms with Crippen LogP contribution < -0.4 is 5.56 Å². The van der Waals surface area contributed by atoms with Gasteiger partial charge in [-0.2, -0.15) is 9.78 Å². The summed E-state index contributed by atoms with van der Waals surface area (Å²) in [7, 11) is 0. The highest BCUT2D eigenvalue weighted by Crippen LogP contribution is 2.14. The van der Waals surface area contributed by atoms with E-state index in [9.17, 15) is 19.1 Å². The molecule has 0 fully saturated rings. The summed E-state index contributed by atoms with van der Waals surface area (Å²) in [5.74, 6) is -1.95. The van der Waals surface area contributed by atoms with Gasteiger partial charge in [0.05, 0.1) is 12.1 Å². The van der Waals surface area contributed by atoms with Crippen LogP contribution in [0.1, 0.15) is 12.1 Å². The van der Waals surface area contributed by atoms with E-state index in [-0.39, 0.29) is 30.0 Å². The molecule has 0 spiro atoms. The van der Waals surface area contributed by atoms with Crippen molar-refractivity contribution in [1.82, 2.24) is 9.78 Å². The number of aliphatic carboxylic acids is 1. The van der Waals surface area contributed by atoms with E-state index in [1.807, 2.05) is 0 Å². The van der Waals surface area contributed by atoms with Crippen molar-refractivity contribution in [2.75, 3.05) is 0 Å². The lowest BCUT2D eigenvalue weighted by Gasteiger charge is -2.08. The number of nitrogens with zero attached hydrogens (tertiary/aromatic N) is 2. The molecule has 1 aromatic heterocycles. The lowest BCUT2D eigenvalue weighted by atomic mass is 10.2. The van der Waals surface area contributed by atoms with Gasteiger partial charge >= 0.3 is 5.97 Å². The summed E-state index contributed by atoms with van der Waals surface area (Å²) in [6.45, 7) is 0. The Kier molecular flexibility index (Phi) is 3.79. The molecule has 20 heavy (non-hydrogen) atoms. The number of hydrogen-bond acceptors (Lipinski definition) is 4. The number of aryl methyl sites for hydroxylation is 1. The monoisotopic (exact) mass is 278 g/mol. The standard InChI is InChI=1S/C13H11FN2O4/c14-8-2-1-3-9(6-8)16-12(18)7-11(17)10(15-16)4-5-13(19)20/h1-3,6-7,17H,4-5H2,(H,19,20). The molecule has 0 unspecified atom stereocenters. The van der Waals surface area contributed by atoms with Gasteiger partial charge in [0.15, 0.2) is 0 Å². The zero-order valence-electron chi connectivity index (χ0n) is 10.3. The lowest BCUT2D eigenvalue weighted by molar-refractivity contribution is -0.136. The van der Waals surface area contributed by atoms with Crippen molar-refractivity contribution in [2.45, 2.75) is 12.8 Å². The molecule has 6 nitrogen and oxygen atoms in total. The van der Waals surface area contributed by atoms with Crippen LogP contribution in [0, 0.1) is 5.82 Å². The second kappa shape index (κ2) is 5.52. The van der Waals surface area contributed by atoms with Gasteiger partial charge in [0.25, 0.3) is 5.56 Å². The Morgan fingerprint density at radius 3 is 2.75 bits per heavy atom. The molecule has 0 aliphatic carbocycles. The Labute approximate surface area is 112 Å². The summed E-state index contributed by atoms with van der Waals surface area (Å²) >= 11 is 0. The first kappa shape index (κ1) is 13.7. The minimum absolute atomic E-state index is 0.0310. The fourth-order valence-corrected chi connectivity index (χ4v) is 1.68. The summed E-state index contributed by atoms with van der Waals surface area (Å²) in [5, 5.41) is 22.1. The van der Waals surface area contributed by atoms with Crippen LogP contribution in [0.2, 0.25) is 0 Å². The fourth-order valence-electron chi connectivity index (χ4n) is 1.68. The van der Waals surface area contributed by atoms with Crippen LogP contribution in [0.3, 0.4) is 0 Å². The third-order valence-corrected chi connectivity index (χ3v) is 2.61. The summed E-state index contributed by atoms with van der Waals surface area (Å²) in [6, 6.07) is 6.17. The smallest absolute Gasteiger partial charge is 0.303 e. The molecule has 2 rings (SSSR count). The van der Waals surface area contributed by atoms with Gasteiger partial charge in [0, 0.05) is 12.5 Å². The molecule has 1 heterocycles. The predicted octanol–water partition coefficient (Wildman–Crippen LogP) is 1.09. The van der Waals surface area contributed by atoms with Gasteiger partial charge in [-0.25, -0.2) is 4.39 Å². The number of aromatic hydroxyl groups is 1. The lowest BCUT2D eigenvalue weighted by Crippen LogP contribution is -2.22. The number of aromatic nitrogens is 2. The number of rotatable bonds is 4. The van der Waals surface area contributed by atoms with Crippen molar-refractivity contribution in [3.05, 3.63) is 52.2 Å². The maximum Gasteiger partial charge on any atom is 0.303 e. The number of hydrogen-bond donors (Lipinski definition) is 2. The van der Waals surface area contributed by atoms with E-state index in [4.69, 9.17) is 5.11 Å². The second-order valence-electron chi connectivity index (χ2n) is 4.10. The highest BCUT2D eigenvalue weighted by Gasteiger charge is 2.11. The molecule has 1 aromatic carbocycles. The highest BCUT2D eigenvalue weighted by atomic mass is 19.1. The third-order valence-electron chi connectivity index (χ3n) is 2.61. The van der Waals surface area contributed by atoms with E-state index < -0.39 is 17.3 Å². The van der Waals surface area contributed by atoms with Crippen LogP contribution in [-0.2, 0) is 11.2 Å². The number of benzene rings is 1. The van der Waals surface area contributed by atoms with E-state index in [1.165, 1.54) is 18.2 Å². The number of halogens is 1. The van der Waals surface area contributed by atoms with Crippen molar-refractivity contribution in [2.24, 2.45) is 0 Å². The molecular formula is C13H11FN2O4. The van der Waals surface area contributed by atoms with E-state index >= 15 is 0 Å². The summed E-state index contributed by atoms with van der Waals surface area (Å²) in [5.41, 5.74) is -0.366. The molecule has 0 amide bonds. The van der Waals surface area contributed by atoms with Crippen LogP contribution >= 0.6 is 0 Å². The van der Waals surface area contributed by atoms with Gasteiger partial charge in [0.2, 0.25) is 0 Å². The van der Waals surface area contributed by atoms with Crippen molar-refractivity contribution in [3.63, 3.8) is 0 Å². The van der Waals surface area contributed by atoms with Crippen LogP contribution in [-0.4, -0.2) is 26.0 Å². The molecular weight excluding hydrogens is 267 g/mol. The zero-order valence-corrected chi connectivity index (χ0v) is 10.3. The van der Waals surface area contributed by atoms with Crippen LogP contribution in [0.25, 0.3) is 5.69 Å². The Balaban J connectivity index is 2.46. The van der Waals surface area contributed by atoms with Crippen molar-refractivity contribution in [3.8, 4) is 11.4 Å². The molecule has 0 aliphatic heterocycles. The fraction of sp³-hybridized carbons (Fsp3) is 0.154. The Bertz CT molecular complexity index is 712. The third kappa shape index (κ3) is 3.00. The molecule has 7 heteroatoms. The first-order chi connectivity index (χ1) is 9.47. The molecule has 0 saturated heterocycles. The second-order valence-corrected chi connectivity index (χ2v) is 4.10. The Hall–Kier alpha value is -2.70. The van der Waals surface area contributed by atoms with Crippen LogP contribution in [0.5, 0.6) is 5.75 Å². The first-order valence-corrected chi connectivity index (χ1v) is 5.77. The normalized spacial score (nSPS) is 10.4. The van der Waals surface area contributed by atoms with Crippen molar-refractivity contribution in [1.29, 1.82) is 0 Å². The largest absolute Gasteiger partial charge is 0.506 e. The van der Waals surface area contributed by atoms with Crippen molar-refractivity contribution >= 4 is 5.97 Å². The minimum atomic E-state index is -1.05. The number of carbonyl (C=O) groups is 1. The molecule has 0 bridgehead atoms. The van der Waals surface area contributed by atoms with E-state index in [2.05, 4.69) is 5.10 Å². The Morgan fingerprint density at radius 2 is 2.10 bits per heavy atom. The van der Waals surface area contributed by atoms with Crippen LogP contribution in [0.4, 0.5) is 4.39 Å². The van der Waals surface area contributed by atoms with Gasteiger partial charge < -0.3 is 10.2 Å². The first-order valence-electron chi connectivity index (χ1n) is 5.77. The topological polar surface area (TPSA) is 92.4 Å². The zero-order chi connectivity index (χ0) is 14.7. The predicted molar refractivity (Wildman–Crippen MR) is 67.4 cm³/mol. The van der Waals surface area contributed by atoms with Crippen LogP contribution in [0.15, 0.2) is 35.1 Å². The molecule has 0 saturated carbocycles. The Morgan fingerprint density at radius 1 is 1.35 bits per heavy atom. The van der Waals surface area contributed by atoms with Gasteiger partial charge in [-0.3, -0.25) is 9.59 Å². The molecule has 0 aliphatic rings. The van der Waals surface area contributed by atoms with Gasteiger partial charge in [-0.05, 0) is 18.2 Å². The maximum absolute atomic E-state index is 13.1. The van der Waals surface area contributed by atoms with Crippen molar-refractivity contribution < 1.29 is 19.4 Å². The van der Waals surface area contributed by atoms with E-state index in [0.29, 0.717) is 0 Å². The molecule has 0 atom stereocenters. The average molecular weight is 278 g/mol. The SMILES string of the molecule is O=C(O)CCc1nn(-c2cccc(F)c2)c(=O)cc1O. The van der Waals surface area contributed by atoms with Gasteiger partial charge in [-0.1, -0.05) is 6.07 Å². The van der Waals surface area contributed by atoms with Gasteiger partial charge in [-0.15, -0.1) is 0 Å². The van der Waals surface area contributed by atoms with E-state index in [1.54, 1.807) is 0 Å². The summed E-state index contributed by atoms with van der Waals surface area (Å²) < 4.78 is 14.1. The number of carboxylic acids is 1. The molecule has 2 N–H and O–H groups in total. The maximum atomic E-state index is 13.1. The summed E-state index contributed by atoms with van der Waals surface area (Å²) in [6.07, 6.45) is -0.265.